The van der Waals surface area contributed by atoms with E-state index in [9.17, 15) is 17.2 Å². The van der Waals surface area contributed by atoms with Crippen molar-refractivity contribution < 1.29 is 17.2 Å². The highest BCUT2D eigenvalue weighted by molar-refractivity contribution is 7.89. The summed E-state index contributed by atoms with van der Waals surface area (Å²) in [5, 5.41) is 2.43. The van der Waals surface area contributed by atoms with Crippen LogP contribution in [0.4, 0.5) is 8.78 Å². The van der Waals surface area contributed by atoms with Gasteiger partial charge in [-0.15, -0.1) is 0 Å². The summed E-state index contributed by atoms with van der Waals surface area (Å²) in [5.41, 5.74) is 0. The molecule has 0 bridgehead atoms. The number of nitrogens with one attached hydrogen (secondary N) is 2. The van der Waals surface area contributed by atoms with E-state index in [-0.39, 0.29) is 12.3 Å². The Balaban J connectivity index is 2.65. The van der Waals surface area contributed by atoms with Crippen molar-refractivity contribution in [3.63, 3.8) is 0 Å². The third-order valence-corrected chi connectivity index (χ3v) is 3.32. The van der Waals surface area contributed by atoms with Gasteiger partial charge in [0, 0.05) is 6.54 Å². The number of hydrogen-bond acceptors (Lipinski definition) is 3. The first-order chi connectivity index (χ1) is 5.87. The van der Waals surface area contributed by atoms with Crippen LogP contribution in [0.15, 0.2) is 0 Å². The normalized spacial score (nSPS) is 27.8. The van der Waals surface area contributed by atoms with Gasteiger partial charge in [-0.2, -0.15) is 0 Å². The van der Waals surface area contributed by atoms with E-state index in [0.29, 0.717) is 0 Å². The molecule has 0 radical (unpaired) electrons. The van der Waals surface area contributed by atoms with Gasteiger partial charge in [0.25, 0.3) is 5.92 Å². The molecule has 0 amide bonds. The minimum Gasteiger partial charge on any atom is -0.309 e. The monoisotopic (exact) mass is 214 g/mol. The molecule has 1 heterocycles. The van der Waals surface area contributed by atoms with Gasteiger partial charge in [-0.1, -0.05) is 0 Å². The molecule has 1 saturated heterocycles. The fourth-order valence-electron chi connectivity index (χ4n) is 1.08. The van der Waals surface area contributed by atoms with Crippen LogP contribution in [0.25, 0.3) is 0 Å². The van der Waals surface area contributed by atoms with Crippen LogP contribution >= 0.6 is 0 Å². The largest absolute Gasteiger partial charge is 0.309 e. The van der Waals surface area contributed by atoms with Gasteiger partial charge in [-0.25, -0.2) is 21.9 Å². The molecule has 1 rings (SSSR count). The smallest absolute Gasteiger partial charge is 0.277 e. The van der Waals surface area contributed by atoms with Gasteiger partial charge in [-0.3, -0.25) is 0 Å². The first kappa shape index (κ1) is 10.8. The Morgan fingerprint density at radius 2 is 2.23 bits per heavy atom. The highest BCUT2D eigenvalue weighted by atomic mass is 32.2. The van der Waals surface area contributed by atoms with Crippen molar-refractivity contribution in [2.24, 2.45) is 0 Å². The number of halogens is 2. The molecule has 0 saturated carbocycles. The third kappa shape index (κ3) is 2.58. The number of rotatable bonds is 3. The summed E-state index contributed by atoms with van der Waals surface area (Å²) in [6, 6.07) is -1.31. The molecule has 1 aliphatic heterocycles. The van der Waals surface area contributed by atoms with Crippen molar-refractivity contribution in [2.45, 2.75) is 18.9 Å². The molecule has 13 heavy (non-hydrogen) atoms. The Kier molecular flexibility index (Phi) is 2.88. The van der Waals surface area contributed by atoms with E-state index >= 15 is 0 Å². The Labute approximate surface area is 75.7 Å². The van der Waals surface area contributed by atoms with Crippen LogP contribution in [0, 0.1) is 0 Å². The van der Waals surface area contributed by atoms with Gasteiger partial charge in [0.1, 0.15) is 0 Å². The van der Waals surface area contributed by atoms with Gasteiger partial charge in [0.15, 0.2) is 0 Å². The second-order valence-corrected chi connectivity index (χ2v) is 5.01. The lowest BCUT2D eigenvalue weighted by molar-refractivity contribution is 0.00331. The van der Waals surface area contributed by atoms with Crippen LogP contribution < -0.4 is 10.0 Å². The number of alkyl halides is 2. The van der Waals surface area contributed by atoms with E-state index in [1.807, 2.05) is 4.72 Å². The lowest BCUT2D eigenvalue weighted by Crippen LogP contribution is -2.47. The van der Waals surface area contributed by atoms with Crippen LogP contribution in [0.1, 0.15) is 6.92 Å². The van der Waals surface area contributed by atoms with Crippen LogP contribution in [0.3, 0.4) is 0 Å². The van der Waals surface area contributed by atoms with Crippen LogP contribution in [0.5, 0.6) is 0 Å². The highest BCUT2D eigenvalue weighted by Crippen LogP contribution is 2.22. The molecule has 0 aromatic heterocycles. The summed E-state index contributed by atoms with van der Waals surface area (Å²) in [4.78, 5) is 0. The van der Waals surface area contributed by atoms with E-state index in [1.54, 1.807) is 0 Å². The lowest BCUT2D eigenvalue weighted by Gasteiger charge is -2.18. The first-order valence-corrected chi connectivity index (χ1v) is 5.61. The predicted octanol–water partition coefficient (Wildman–Crippen LogP) is -0.467. The Hall–Kier alpha value is -0.270. The van der Waals surface area contributed by atoms with E-state index in [0.717, 1.165) is 0 Å². The van der Waals surface area contributed by atoms with Crippen molar-refractivity contribution in [2.75, 3.05) is 18.8 Å². The van der Waals surface area contributed by atoms with Crippen molar-refractivity contribution in [3.05, 3.63) is 0 Å². The summed E-state index contributed by atoms with van der Waals surface area (Å²) in [6.07, 6.45) is 0. The summed E-state index contributed by atoms with van der Waals surface area (Å²) in [6.45, 7) is 0.916. The molecule has 0 spiro atoms. The minimum atomic E-state index is -3.54. The molecule has 1 aliphatic rings. The molecular weight excluding hydrogens is 202 g/mol. The molecule has 0 unspecified atom stereocenters. The maximum Gasteiger partial charge on any atom is 0.277 e. The van der Waals surface area contributed by atoms with E-state index < -0.39 is 28.5 Å². The maximum absolute atomic E-state index is 12.9. The van der Waals surface area contributed by atoms with Gasteiger partial charge in [0.2, 0.25) is 10.0 Å². The van der Waals surface area contributed by atoms with Gasteiger partial charge in [0.05, 0.1) is 18.3 Å². The first-order valence-electron chi connectivity index (χ1n) is 3.96. The lowest BCUT2D eigenvalue weighted by atomic mass is 10.2. The van der Waals surface area contributed by atoms with Crippen molar-refractivity contribution >= 4 is 10.0 Å². The van der Waals surface area contributed by atoms with Crippen molar-refractivity contribution in [3.8, 4) is 0 Å². The second-order valence-electron chi connectivity index (χ2n) is 2.97. The van der Waals surface area contributed by atoms with Crippen LogP contribution in [-0.2, 0) is 10.0 Å². The fraction of sp³-hybridized carbons (Fsp3) is 1.00. The summed E-state index contributed by atoms with van der Waals surface area (Å²) < 4.78 is 49.7. The minimum absolute atomic E-state index is 0.0216. The molecule has 0 aromatic rings. The fourth-order valence-corrected chi connectivity index (χ4v) is 1.94. The Morgan fingerprint density at radius 1 is 1.62 bits per heavy atom. The highest BCUT2D eigenvalue weighted by Gasteiger charge is 2.45. The molecule has 7 heteroatoms. The average molecular weight is 214 g/mol. The summed E-state index contributed by atoms with van der Waals surface area (Å²) in [7, 11) is -3.54. The zero-order chi connectivity index (χ0) is 10.1. The molecule has 2 N–H and O–H groups in total. The molecule has 1 fully saturated rings. The molecule has 0 aliphatic carbocycles. The molecule has 4 nitrogen and oxygen atoms in total. The summed E-state index contributed by atoms with van der Waals surface area (Å²) >= 11 is 0. The molecule has 0 aromatic carbocycles. The molecule has 1 atom stereocenters. The zero-order valence-corrected chi connectivity index (χ0v) is 8.00. The number of sulfonamides is 1. The Morgan fingerprint density at radius 3 is 2.62 bits per heavy atom. The molecule has 78 valence electrons. The van der Waals surface area contributed by atoms with Crippen molar-refractivity contribution in [1.29, 1.82) is 0 Å². The van der Waals surface area contributed by atoms with Gasteiger partial charge in [-0.05, 0) is 6.92 Å². The standard InChI is InChI=1S/C6H12F2N2O2S/c1-2-13(11,12)10-5-3-9-4-6(5,7)8/h5,9-10H,2-4H2,1H3/t5-/m1/s1. The van der Waals surface area contributed by atoms with E-state index in [4.69, 9.17) is 0 Å². The topological polar surface area (TPSA) is 58.2 Å². The Bertz CT molecular complexity index is 278. The van der Waals surface area contributed by atoms with Crippen LogP contribution in [-0.4, -0.2) is 39.2 Å². The number of hydrogen-bond donors (Lipinski definition) is 2. The SMILES string of the molecule is CCS(=O)(=O)N[C@@H]1CNCC1(F)F. The summed E-state index contributed by atoms with van der Waals surface area (Å²) in [5.74, 6) is -3.16. The van der Waals surface area contributed by atoms with Gasteiger partial charge < -0.3 is 5.32 Å². The van der Waals surface area contributed by atoms with E-state index in [1.165, 1.54) is 6.92 Å². The second kappa shape index (κ2) is 3.47. The van der Waals surface area contributed by atoms with Gasteiger partial charge >= 0.3 is 0 Å². The maximum atomic E-state index is 12.9. The average Bonchev–Trinajstić information content (AvgIpc) is 2.31. The van der Waals surface area contributed by atoms with Crippen molar-refractivity contribution in [1.82, 2.24) is 10.0 Å². The predicted molar refractivity (Wildman–Crippen MR) is 44.2 cm³/mol. The zero-order valence-electron chi connectivity index (χ0n) is 7.18. The van der Waals surface area contributed by atoms with E-state index in [2.05, 4.69) is 5.32 Å². The molecular formula is C6H12F2N2O2S. The van der Waals surface area contributed by atoms with Crippen LogP contribution in [0.2, 0.25) is 0 Å². The quantitative estimate of drug-likeness (QED) is 0.668. The third-order valence-electron chi connectivity index (χ3n) is 1.92.